The van der Waals surface area contributed by atoms with Crippen LogP contribution in [-0.4, -0.2) is 28.6 Å². The van der Waals surface area contributed by atoms with E-state index in [1.165, 1.54) is 35.4 Å². The monoisotopic (exact) mass is 408 g/mol. The van der Waals surface area contributed by atoms with E-state index in [9.17, 15) is 13.6 Å². The number of halogens is 3. The van der Waals surface area contributed by atoms with Crippen LogP contribution in [0.4, 0.5) is 8.78 Å². The molecule has 3 rings (SSSR count). The smallest absolute Gasteiger partial charge is 0.256 e. The van der Waals surface area contributed by atoms with Crippen molar-refractivity contribution in [3.05, 3.63) is 70.9 Å². The van der Waals surface area contributed by atoms with Crippen LogP contribution in [0.2, 0.25) is 5.02 Å². The first-order valence-electron chi connectivity index (χ1n) is 7.95. The van der Waals surface area contributed by atoms with Crippen molar-refractivity contribution >= 4 is 29.3 Å². The second-order valence-electron chi connectivity index (χ2n) is 5.74. The summed E-state index contributed by atoms with van der Waals surface area (Å²) in [6, 6.07) is 10.2. The first kappa shape index (κ1) is 19.4. The molecule has 2 aromatic carbocycles. The Morgan fingerprint density at radius 3 is 2.67 bits per heavy atom. The molecule has 3 aromatic rings. The molecule has 1 aromatic heterocycles. The molecule has 0 spiro atoms. The van der Waals surface area contributed by atoms with Gasteiger partial charge in [0.15, 0.2) is 5.76 Å². The number of hydrogen-bond donors (Lipinski definition) is 0. The van der Waals surface area contributed by atoms with Gasteiger partial charge in [-0.2, -0.15) is 0 Å². The maximum absolute atomic E-state index is 13.8. The number of amides is 1. The molecule has 0 N–H and O–H groups in total. The minimum Gasteiger partial charge on any atom is -0.431 e. The zero-order valence-electron chi connectivity index (χ0n) is 14.3. The van der Waals surface area contributed by atoms with Crippen molar-refractivity contribution in [3.63, 3.8) is 0 Å². The Morgan fingerprint density at radius 1 is 1.22 bits per heavy atom. The quantitative estimate of drug-likeness (QED) is 0.537. The number of rotatable bonds is 6. The van der Waals surface area contributed by atoms with Gasteiger partial charge in [-0.05, 0) is 36.4 Å². The van der Waals surface area contributed by atoms with Gasteiger partial charge in [-0.25, -0.2) is 13.8 Å². The molecule has 0 saturated heterocycles. The van der Waals surface area contributed by atoms with Crippen LogP contribution in [0.25, 0.3) is 11.3 Å². The van der Waals surface area contributed by atoms with E-state index < -0.39 is 5.82 Å². The van der Waals surface area contributed by atoms with Gasteiger partial charge in [0.25, 0.3) is 5.22 Å². The van der Waals surface area contributed by atoms with Crippen LogP contribution in [0, 0.1) is 11.6 Å². The van der Waals surface area contributed by atoms with Crippen molar-refractivity contribution in [1.82, 2.24) is 9.88 Å². The maximum Gasteiger partial charge on any atom is 0.256 e. The van der Waals surface area contributed by atoms with Gasteiger partial charge < -0.3 is 9.32 Å². The fourth-order valence-electron chi connectivity index (χ4n) is 2.31. The van der Waals surface area contributed by atoms with E-state index in [0.29, 0.717) is 16.5 Å². The molecule has 0 bridgehead atoms. The highest BCUT2D eigenvalue weighted by atomic mass is 35.5. The predicted molar refractivity (Wildman–Crippen MR) is 101 cm³/mol. The van der Waals surface area contributed by atoms with E-state index in [1.807, 2.05) is 0 Å². The van der Waals surface area contributed by atoms with Crippen molar-refractivity contribution < 1.29 is 18.0 Å². The topological polar surface area (TPSA) is 46.3 Å². The third kappa shape index (κ3) is 4.87. The second kappa shape index (κ2) is 8.54. The number of hydrogen-bond acceptors (Lipinski definition) is 4. The van der Waals surface area contributed by atoms with Crippen LogP contribution < -0.4 is 0 Å². The molecule has 140 valence electrons. The summed E-state index contributed by atoms with van der Waals surface area (Å²) in [5.41, 5.74) is 0.961. The summed E-state index contributed by atoms with van der Waals surface area (Å²) in [5.74, 6) is -0.452. The summed E-state index contributed by atoms with van der Waals surface area (Å²) in [4.78, 5) is 17.8. The summed E-state index contributed by atoms with van der Waals surface area (Å²) in [7, 11) is 1.57. The summed E-state index contributed by atoms with van der Waals surface area (Å²) in [6.07, 6.45) is 1.52. The molecule has 27 heavy (non-hydrogen) atoms. The van der Waals surface area contributed by atoms with E-state index in [4.69, 9.17) is 16.0 Å². The first-order chi connectivity index (χ1) is 12.9. The Kier molecular flexibility index (Phi) is 6.13. The molecule has 0 fully saturated rings. The number of carbonyl (C=O) groups excluding carboxylic acids is 1. The largest absolute Gasteiger partial charge is 0.431 e. The molecule has 0 saturated carbocycles. The van der Waals surface area contributed by atoms with Crippen molar-refractivity contribution in [2.24, 2.45) is 0 Å². The molecule has 0 aliphatic rings. The first-order valence-corrected chi connectivity index (χ1v) is 9.32. The van der Waals surface area contributed by atoms with Crippen LogP contribution in [0.3, 0.4) is 0 Å². The average Bonchev–Trinajstić information content (AvgIpc) is 3.12. The Labute approximate surface area is 164 Å². The van der Waals surface area contributed by atoms with Gasteiger partial charge >= 0.3 is 0 Å². The normalized spacial score (nSPS) is 10.8. The Balaban J connectivity index is 1.58. The van der Waals surface area contributed by atoms with E-state index >= 15 is 0 Å². The highest BCUT2D eigenvalue weighted by Crippen LogP contribution is 2.26. The van der Waals surface area contributed by atoms with Gasteiger partial charge in [-0.3, -0.25) is 4.79 Å². The lowest BCUT2D eigenvalue weighted by Gasteiger charge is -2.17. The van der Waals surface area contributed by atoms with Crippen LogP contribution in [0.1, 0.15) is 5.56 Å². The number of nitrogens with zero attached hydrogens (tertiary/aromatic N) is 2. The molecule has 1 heterocycles. The lowest BCUT2D eigenvalue weighted by atomic mass is 10.2. The molecule has 0 atom stereocenters. The van der Waals surface area contributed by atoms with E-state index in [-0.39, 0.29) is 34.6 Å². The molecule has 0 radical (unpaired) electrons. The number of oxazole rings is 1. The van der Waals surface area contributed by atoms with Gasteiger partial charge in [0.1, 0.15) is 11.6 Å². The summed E-state index contributed by atoms with van der Waals surface area (Å²) >= 11 is 7.12. The van der Waals surface area contributed by atoms with E-state index in [2.05, 4.69) is 4.98 Å². The zero-order valence-corrected chi connectivity index (χ0v) is 15.9. The third-order valence-electron chi connectivity index (χ3n) is 3.82. The second-order valence-corrected chi connectivity index (χ2v) is 7.07. The average molecular weight is 409 g/mol. The van der Waals surface area contributed by atoms with Gasteiger partial charge in [-0.1, -0.05) is 29.4 Å². The summed E-state index contributed by atoms with van der Waals surface area (Å²) < 4.78 is 32.4. The van der Waals surface area contributed by atoms with Crippen LogP contribution >= 0.6 is 23.4 Å². The minimum absolute atomic E-state index is 0.0668. The molecule has 8 heteroatoms. The van der Waals surface area contributed by atoms with Crippen LogP contribution in [-0.2, 0) is 11.3 Å². The molecule has 0 aliphatic carbocycles. The molecular weight excluding hydrogens is 394 g/mol. The van der Waals surface area contributed by atoms with Gasteiger partial charge in [0.05, 0.1) is 11.9 Å². The van der Waals surface area contributed by atoms with Gasteiger partial charge in [0, 0.05) is 29.7 Å². The maximum atomic E-state index is 13.8. The highest BCUT2D eigenvalue weighted by molar-refractivity contribution is 7.99. The molecule has 4 nitrogen and oxygen atoms in total. The Morgan fingerprint density at radius 2 is 1.96 bits per heavy atom. The van der Waals surface area contributed by atoms with Crippen LogP contribution in [0.5, 0.6) is 0 Å². The fraction of sp³-hybridized carbons (Fsp3) is 0.158. The number of aromatic nitrogens is 1. The van der Waals surface area contributed by atoms with Crippen molar-refractivity contribution in [2.75, 3.05) is 12.8 Å². The standard InChI is InChI=1S/C19H15ClF2N2O2S/c1-24(10-14-15(20)3-2-4-16(14)22)18(25)11-27-19-23-9-17(26-19)12-5-7-13(21)8-6-12/h2-9H,10-11H2,1H3. The molecule has 0 unspecified atom stereocenters. The third-order valence-corrected chi connectivity index (χ3v) is 5.00. The zero-order chi connectivity index (χ0) is 19.4. The Bertz CT molecular complexity index is 927. The Hall–Kier alpha value is -2.38. The lowest BCUT2D eigenvalue weighted by Crippen LogP contribution is -2.28. The van der Waals surface area contributed by atoms with Crippen molar-refractivity contribution in [3.8, 4) is 11.3 Å². The lowest BCUT2D eigenvalue weighted by molar-refractivity contribution is -0.127. The summed E-state index contributed by atoms with van der Waals surface area (Å²) in [6.45, 7) is 0.0668. The predicted octanol–water partition coefficient (Wildman–Crippen LogP) is 5.02. The molecular formula is C19H15ClF2N2O2S. The van der Waals surface area contributed by atoms with Crippen molar-refractivity contribution in [1.29, 1.82) is 0 Å². The van der Waals surface area contributed by atoms with E-state index in [0.717, 1.165) is 11.8 Å². The van der Waals surface area contributed by atoms with Crippen molar-refractivity contribution in [2.45, 2.75) is 11.8 Å². The molecule has 0 aliphatic heterocycles. The number of benzene rings is 2. The van der Waals surface area contributed by atoms with Gasteiger partial charge in [-0.15, -0.1) is 0 Å². The number of thioether (sulfide) groups is 1. The van der Waals surface area contributed by atoms with Crippen LogP contribution in [0.15, 0.2) is 58.3 Å². The fourth-order valence-corrected chi connectivity index (χ4v) is 3.28. The summed E-state index contributed by atoms with van der Waals surface area (Å²) in [5, 5.41) is 0.596. The van der Waals surface area contributed by atoms with E-state index in [1.54, 1.807) is 25.2 Å². The number of carbonyl (C=O) groups is 1. The van der Waals surface area contributed by atoms with Gasteiger partial charge in [0.2, 0.25) is 5.91 Å². The molecule has 1 amide bonds. The highest BCUT2D eigenvalue weighted by Gasteiger charge is 2.16. The minimum atomic E-state index is -0.452. The SMILES string of the molecule is CN(Cc1c(F)cccc1Cl)C(=O)CSc1ncc(-c2ccc(F)cc2)o1.